The van der Waals surface area contributed by atoms with E-state index >= 15 is 0 Å². The van der Waals surface area contributed by atoms with Gasteiger partial charge in [-0.3, -0.25) is 14.4 Å². The van der Waals surface area contributed by atoms with Crippen molar-refractivity contribution in [3.8, 4) is 0 Å². The third kappa shape index (κ3) is 4.37. The molecule has 3 aromatic carbocycles. The number of carbonyl (C=O) groups excluding carboxylic acids is 3. The summed E-state index contributed by atoms with van der Waals surface area (Å²) in [5.74, 6) is -1.44. The van der Waals surface area contributed by atoms with Crippen molar-refractivity contribution in [1.29, 1.82) is 0 Å². The fourth-order valence-corrected chi connectivity index (χ4v) is 3.46. The molecule has 0 saturated heterocycles. The molecule has 8 heteroatoms. The predicted octanol–water partition coefficient (Wildman–Crippen LogP) is 5.34. The standard InChI is InChI=1S/C24H17Cl2N3O3/c1-14-2-12-19(13-3-14)29-23(31)20(26)21(24(29)32)27-17-8-4-15(5-9-17)22(30)28-18-10-6-16(25)7-11-18/h2-13,27H,1H3,(H,28,30). The number of amides is 3. The van der Waals surface area contributed by atoms with Gasteiger partial charge in [-0.1, -0.05) is 40.9 Å². The molecular formula is C24H17Cl2N3O3. The molecule has 1 heterocycles. The van der Waals surface area contributed by atoms with Crippen molar-refractivity contribution >= 4 is 58.0 Å². The van der Waals surface area contributed by atoms with Crippen LogP contribution in [0, 0.1) is 6.92 Å². The Bertz CT molecular complexity index is 1230. The lowest BCUT2D eigenvalue weighted by molar-refractivity contribution is -0.120. The average Bonchev–Trinajstić information content (AvgIpc) is 3.00. The molecule has 6 nitrogen and oxygen atoms in total. The zero-order chi connectivity index (χ0) is 22.8. The molecule has 3 amide bonds. The van der Waals surface area contributed by atoms with Gasteiger partial charge in [-0.2, -0.15) is 0 Å². The minimum atomic E-state index is -0.595. The molecule has 0 fully saturated rings. The van der Waals surface area contributed by atoms with Gasteiger partial charge in [0.25, 0.3) is 17.7 Å². The predicted molar refractivity (Wildman–Crippen MR) is 126 cm³/mol. The first-order valence-corrected chi connectivity index (χ1v) is 10.4. The molecule has 2 N–H and O–H groups in total. The highest BCUT2D eigenvalue weighted by molar-refractivity contribution is 6.53. The Morgan fingerprint density at radius 3 is 2.00 bits per heavy atom. The minimum absolute atomic E-state index is 0.0180. The van der Waals surface area contributed by atoms with E-state index in [-0.39, 0.29) is 16.6 Å². The van der Waals surface area contributed by atoms with Crippen LogP contribution in [0.4, 0.5) is 17.1 Å². The number of anilines is 3. The Balaban J connectivity index is 1.47. The summed E-state index contributed by atoms with van der Waals surface area (Å²) in [5.41, 5.74) is 2.97. The van der Waals surface area contributed by atoms with E-state index in [1.54, 1.807) is 60.7 Å². The Hall–Kier alpha value is -3.61. The fraction of sp³-hybridized carbons (Fsp3) is 0.0417. The smallest absolute Gasteiger partial charge is 0.283 e. The number of nitrogens with zero attached hydrogens (tertiary/aromatic N) is 1. The maximum absolute atomic E-state index is 12.8. The third-order valence-corrected chi connectivity index (χ3v) is 5.44. The maximum Gasteiger partial charge on any atom is 0.283 e. The molecule has 0 aromatic heterocycles. The van der Waals surface area contributed by atoms with E-state index in [1.165, 1.54) is 0 Å². The Morgan fingerprint density at radius 2 is 1.38 bits per heavy atom. The average molecular weight is 466 g/mol. The van der Waals surface area contributed by atoms with E-state index in [2.05, 4.69) is 10.6 Å². The zero-order valence-corrected chi connectivity index (χ0v) is 18.4. The van der Waals surface area contributed by atoms with Gasteiger partial charge in [0.15, 0.2) is 0 Å². The molecule has 0 bridgehead atoms. The molecule has 0 atom stereocenters. The molecule has 4 rings (SSSR count). The van der Waals surface area contributed by atoms with Crippen molar-refractivity contribution in [3.05, 3.63) is 99.7 Å². The molecule has 0 unspecified atom stereocenters. The van der Waals surface area contributed by atoms with Crippen molar-refractivity contribution in [3.63, 3.8) is 0 Å². The lowest BCUT2D eigenvalue weighted by Gasteiger charge is -2.15. The number of hydrogen-bond acceptors (Lipinski definition) is 4. The highest BCUT2D eigenvalue weighted by Gasteiger charge is 2.38. The number of benzene rings is 3. The SMILES string of the molecule is Cc1ccc(N2C(=O)C(Cl)=C(Nc3ccc(C(=O)Nc4ccc(Cl)cc4)cc3)C2=O)cc1. The summed E-state index contributed by atoms with van der Waals surface area (Å²) in [6, 6.07) is 20.2. The second-order valence-electron chi connectivity index (χ2n) is 7.13. The Kier molecular flexibility index (Phi) is 5.99. The van der Waals surface area contributed by atoms with Gasteiger partial charge >= 0.3 is 0 Å². The van der Waals surface area contributed by atoms with Crippen LogP contribution in [0.2, 0.25) is 5.02 Å². The van der Waals surface area contributed by atoms with Crippen LogP contribution in [-0.4, -0.2) is 17.7 Å². The second kappa shape index (κ2) is 8.86. The second-order valence-corrected chi connectivity index (χ2v) is 7.95. The third-order valence-electron chi connectivity index (χ3n) is 4.84. The van der Waals surface area contributed by atoms with Crippen LogP contribution in [0.3, 0.4) is 0 Å². The highest BCUT2D eigenvalue weighted by Crippen LogP contribution is 2.30. The van der Waals surface area contributed by atoms with Crippen LogP contribution in [-0.2, 0) is 9.59 Å². The summed E-state index contributed by atoms with van der Waals surface area (Å²) in [6.45, 7) is 1.91. The van der Waals surface area contributed by atoms with Crippen LogP contribution in [0.25, 0.3) is 0 Å². The summed E-state index contributed by atoms with van der Waals surface area (Å²) in [4.78, 5) is 38.9. The lowest BCUT2D eigenvalue weighted by atomic mass is 10.2. The topological polar surface area (TPSA) is 78.5 Å². The molecule has 1 aliphatic rings. The van der Waals surface area contributed by atoms with Gasteiger partial charge in [-0.05, 0) is 67.6 Å². The van der Waals surface area contributed by atoms with Gasteiger partial charge in [-0.15, -0.1) is 0 Å². The molecule has 0 saturated carbocycles. The summed E-state index contributed by atoms with van der Waals surface area (Å²) in [7, 11) is 0. The summed E-state index contributed by atoms with van der Waals surface area (Å²) < 4.78 is 0. The zero-order valence-electron chi connectivity index (χ0n) is 16.9. The van der Waals surface area contributed by atoms with Crippen LogP contribution in [0.5, 0.6) is 0 Å². The molecule has 3 aromatic rings. The lowest BCUT2D eigenvalue weighted by Crippen LogP contribution is -2.32. The fourth-order valence-electron chi connectivity index (χ4n) is 3.13. The number of aryl methyl sites for hydroxylation is 1. The van der Waals surface area contributed by atoms with Gasteiger partial charge < -0.3 is 10.6 Å². The van der Waals surface area contributed by atoms with Gasteiger partial charge in [0, 0.05) is 22.0 Å². The molecule has 0 spiro atoms. The number of rotatable bonds is 5. The first-order valence-electron chi connectivity index (χ1n) is 9.63. The van der Waals surface area contributed by atoms with E-state index in [1.807, 2.05) is 19.1 Å². The quantitative estimate of drug-likeness (QED) is 0.498. The van der Waals surface area contributed by atoms with E-state index in [0.29, 0.717) is 27.6 Å². The van der Waals surface area contributed by atoms with Crippen LogP contribution in [0.15, 0.2) is 83.5 Å². The molecule has 0 aliphatic carbocycles. The first-order chi connectivity index (χ1) is 15.3. The highest BCUT2D eigenvalue weighted by atomic mass is 35.5. The van der Waals surface area contributed by atoms with Crippen molar-refractivity contribution in [1.82, 2.24) is 0 Å². The molecule has 160 valence electrons. The van der Waals surface area contributed by atoms with Gasteiger partial charge in [0.2, 0.25) is 0 Å². The van der Waals surface area contributed by atoms with Crippen LogP contribution < -0.4 is 15.5 Å². The number of carbonyl (C=O) groups is 3. The summed E-state index contributed by atoms with van der Waals surface area (Å²) in [5, 5.41) is 6.05. The van der Waals surface area contributed by atoms with Crippen molar-refractivity contribution < 1.29 is 14.4 Å². The van der Waals surface area contributed by atoms with Crippen molar-refractivity contribution in [2.75, 3.05) is 15.5 Å². The van der Waals surface area contributed by atoms with Crippen LogP contribution >= 0.6 is 23.2 Å². The normalized spacial score (nSPS) is 13.5. The van der Waals surface area contributed by atoms with Crippen LogP contribution in [0.1, 0.15) is 15.9 Å². The first kappa shape index (κ1) is 21.6. The van der Waals surface area contributed by atoms with E-state index < -0.39 is 11.8 Å². The van der Waals surface area contributed by atoms with Crippen molar-refractivity contribution in [2.45, 2.75) is 6.92 Å². The number of imide groups is 1. The van der Waals surface area contributed by atoms with Gasteiger partial charge in [0.05, 0.1) is 5.69 Å². The molecule has 1 aliphatic heterocycles. The Labute approximate surface area is 194 Å². The number of nitrogens with one attached hydrogen (secondary N) is 2. The summed E-state index contributed by atoms with van der Waals surface area (Å²) in [6.07, 6.45) is 0. The molecular weight excluding hydrogens is 449 g/mol. The largest absolute Gasteiger partial charge is 0.350 e. The minimum Gasteiger partial charge on any atom is -0.350 e. The monoisotopic (exact) mass is 465 g/mol. The van der Waals surface area contributed by atoms with Crippen molar-refractivity contribution in [2.24, 2.45) is 0 Å². The van der Waals surface area contributed by atoms with Gasteiger partial charge in [0.1, 0.15) is 10.7 Å². The van der Waals surface area contributed by atoms with Gasteiger partial charge in [-0.25, -0.2) is 4.90 Å². The Morgan fingerprint density at radius 1 is 0.781 bits per heavy atom. The molecule has 32 heavy (non-hydrogen) atoms. The number of hydrogen-bond donors (Lipinski definition) is 2. The maximum atomic E-state index is 12.8. The van der Waals surface area contributed by atoms with E-state index in [9.17, 15) is 14.4 Å². The van der Waals surface area contributed by atoms with E-state index in [4.69, 9.17) is 23.2 Å². The molecule has 0 radical (unpaired) electrons. The number of halogens is 2. The summed E-state index contributed by atoms with van der Waals surface area (Å²) >= 11 is 12.0. The van der Waals surface area contributed by atoms with E-state index in [0.717, 1.165) is 10.5 Å².